The highest BCUT2D eigenvalue weighted by Crippen LogP contribution is 2.37. The first-order valence-electron chi connectivity index (χ1n) is 7.33. The van der Waals surface area contributed by atoms with Crippen LogP contribution in [0, 0.1) is 23.7 Å². The molecule has 0 radical (unpaired) electrons. The number of nitrogens with zero attached hydrogens (tertiary/aromatic N) is 1. The molecule has 0 heterocycles. The quantitative estimate of drug-likeness (QED) is 0.407. The van der Waals surface area contributed by atoms with Crippen LogP contribution >= 0.6 is 15.9 Å². The average molecular weight is 398 g/mol. The van der Waals surface area contributed by atoms with Crippen LogP contribution in [0.1, 0.15) is 11.1 Å². The van der Waals surface area contributed by atoms with Crippen molar-refractivity contribution < 1.29 is 14.2 Å². The van der Waals surface area contributed by atoms with Crippen molar-refractivity contribution in [3.05, 3.63) is 52.0 Å². The maximum atomic E-state index is 9.49. The van der Waals surface area contributed by atoms with Gasteiger partial charge >= 0.3 is 0 Å². The first-order valence-corrected chi connectivity index (χ1v) is 8.12. The van der Waals surface area contributed by atoms with E-state index in [1.54, 1.807) is 26.4 Å². The predicted octanol–water partition coefficient (Wildman–Crippen LogP) is 4.54. The van der Waals surface area contributed by atoms with E-state index in [0.29, 0.717) is 21.5 Å². The highest BCUT2D eigenvalue weighted by Gasteiger charge is 2.11. The van der Waals surface area contributed by atoms with Crippen molar-refractivity contribution in [2.45, 2.75) is 0 Å². The molecule has 5 heteroatoms. The minimum absolute atomic E-state index is 0.138. The van der Waals surface area contributed by atoms with Gasteiger partial charge in [0.1, 0.15) is 12.4 Å². The molecule has 0 saturated heterocycles. The SMILES string of the molecule is C#CCOc1c(Br)cc(/C=C(\C#N)c2ccc(OC)cc2)cc1OC. The van der Waals surface area contributed by atoms with Gasteiger partial charge in [0, 0.05) is 0 Å². The number of benzene rings is 2. The van der Waals surface area contributed by atoms with Gasteiger partial charge in [-0.05, 0) is 69.5 Å². The van der Waals surface area contributed by atoms with Crippen molar-refractivity contribution in [3.8, 4) is 35.7 Å². The van der Waals surface area contributed by atoms with Crippen molar-refractivity contribution in [3.63, 3.8) is 0 Å². The third-order valence-electron chi connectivity index (χ3n) is 3.38. The molecule has 126 valence electrons. The Bertz CT molecular complexity index is 858. The molecule has 2 aromatic rings. The van der Waals surface area contributed by atoms with Gasteiger partial charge in [-0.2, -0.15) is 5.26 Å². The Morgan fingerprint density at radius 1 is 1.20 bits per heavy atom. The maximum absolute atomic E-state index is 9.49. The summed E-state index contributed by atoms with van der Waals surface area (Å²) in [5.74, 6) is 4.21. The molecule has 0 unspecified atom stereocenters. The van der Waals surface area contributed by atoms with Crippen LogP contribution in [0.3, 0.4) is 0 Å². The second-order valence-corrected chi connectivity index (χ2v) is 5.78. The summed E-state index contributed by atoms with van der Waals surface area (Å²) in [6.07, 6.45) is 7.01. The van der Waals surface area contributed by atoms with Gasteiger partial charge in [-0.15, -0.1) is 6.42 Å². The lowest BCUT2D eigenvalue weighted by molar-refractivity contribution is 0.329. The number of ether oxygens (including phenoxy) is 3. The molecule has 0 N–H and O–H groups in total. The fourth-order valence-electron chi connectivity index (χ4n) is 2.19. The van der Waals surface area contributed by atoms with E-state index in [4.69, 9.17) is 20.6 Å². The van der Waals surface area contributed by atoms with Gasteiger partial charge in [0.15, 0.2) is 11.5 Å². The number of halogens is 1. The summed E-state index contributed by atoms with van der Waals surface area (Å²) in [4.78, 5) is 0. The minimum Gasteiger partial charge on any atom is -0.497 e. The van der Waals surface area contributed by atoms with E-state index < -0.39 is 0 Å². The van der Waals surface area contributed by atoms with Crippen molar-refractivity contribution in [2.75, 3.05) is 20.8 Å². The summed E-state index contributed by atoms with van der Waals surface area (Å²) in [7, 11) is 3.15. The Morgan fingerprint density at radius 3 is 2.48 bits per heavy atom. The zero-order chi connectivity index (χ0) is 18.2. The van der Waals surface area contributed by atoms with Gasteiger partial charge in [-0.25, -0.2) is 0 Å². The van der Waals surface area contributed by atoms with Crippen molar-refractivity contribution in [1.29, 1.82) is 5.26 Å². The molecular weight excluding hydrogens is 382 g/mol. The Balaban J connectivity index is 2.42. The first kappa shape index (κ1) is 18.4. The highest BCUT2D eigenvalue weighted by atomic mass is 79.9. The molecule has 4 nitrogen and oxygen atoms in total. The Kier molecular flexibility index (Phi) is 6.51. The molecule has 0 atom stereocenters. The fourth-order valence-corrected chi connectivity index (χ4v) is 2.77. The molecular formula is C20H16BrNO3. The lowest BCUT2D eigenvalue weighted by Gasteiger charge is -2.12. The third kappa shape index (κ3) is 4.56. The van der Waals surface area contributed by atoms with Gasteiger partial charge in [0.25, 0.3) is 0 Å². The molecule has 0 aliphatic rings. The van der Waals surface area contributed by atoms with Crippen LogP contribution in [0.2, 0.25) is 0 Å². The molecule has 0 spiro atoms. The molecule has 25 heavy (non-hydrogen) atoms. The Labute approximate surface area is 155 Å². The van der Waals surface area contributed by atoms with Gasteiger partial charge in [-0.1, -0.05) is 5.92 Å². The summed E-state index contributed by atoms with van der Waals surface area (Å²) in [5, 5.41) is 9.49. The zero-order valence-electron chi connectivity index (χ0n) is 13.9. The fraction of sp³-hybridized carbons (Fsp3) is 0.150. The molecule has 0 fully saturated rings. The number of methoxy groups -OCH3 is 2. The van der Waals surface area contributed by atoms with Crippen LogP contribution in [-0.4, -0.2) is 20.8 Å². The number of rotatable bonds is 6. The smallest absolute Gasteiger partial charge is 0.176 e. The lowest BCUT2D eigenvalue weighted by Crippen LogP contribution is -1.98. The van der Waals surface area contributed by atoms with Crippen molar-refractivity contribution in [2.24, 2.45) is 0 Å². The van der Waals surface area contributed by atoms with E-state index in [1.165, 1.54) is 0 Å². The lowest BCUT2D eigenvalue weighted by atomic mass is 10.0. The molecule has 0 bridgehead atoms. The molecule has 0 aliphatic carbocycles. The van der Waals surface area contributed by atoms with E-state index >= 15 is 0 Å². The van der Waals surface area contributed by atoms with Crippen molar-refractivity contribution in [1.82, 2.24) is 0 Å². The molecule has 0 saturated carbocycles. The predicted molar refractivity (Wildman–Crippen MR) is 102 cm³/mol. The average Bonchev–Trinajstić information content (AvgIpc) is 2.65. The summed E-state index contributed by atoms with van der Waals surface area (Å²) in [5.41, 5.74) is 2.11. The summed E-state index contributed by atoms with van der Waals surface area (Å²) in [6.45, 7) is 0.138. The van der Waals surface area contributed by atoms with E-state index in [0.717, 1.165) is 16.9 Å². The van der Waals surface area contributed by atoms with E-state index in [9.17, 15) is 5.26 Å². The van der Waals surface area contributed by atoms with Gasteiger partial charge in [-0.3, -0.25) is 0 Å². The van der Waals surface area contributed by atoms with E-state index in [-0.39, 0.29) is 6.61 Å². The van der Waals surface area contributed by atoms with Crippen LogP contribution in [0.5, 0.6) is 17.2 Å². The second-order valence-electron chi connectivity index (χ2n) is 4.93. The summed E-state index contributed by atoms with van der Waals surface area (Å²) in [6, 6.07) is 13.2. The van der Waals surface area contributed by atoms with Crippen molar-refractivity contribution >= 4 is 27.6 Å². The molecule has 0 aliphatic heterocycles. The number of hydrogen-bond donors (Lipinski definition) is 0. The Morgan fingerprint density at radius 2 is 1.92 bits per heavy atom. The van der Waals surface area contributed by atoms with Gasteiger partial charge < -0.3 is 14.2 Å². The normalized spacial score (nSPS) is 10.5. The largest absolute Gasteiger partial charge is 0.497 e. The number of nitriles is 1. The molecule has 2 aromatic carbocycles. The summed E-state index contributed by atoms with van der Waals surface area (Å²) < 4.78 is 16.7. The van der Waals surface area contributed by atoms with Gasteiger partial charge in [0.2, 0.25) is 0 Å². The van der Waals surface area contributed by atoms with Crippen LogP contribution < -0.4 is 14.2 Å². The zero-order valence-corrected chi connectivity index (χ0v) is 15.5. The number of terminal acetylenes is 1. The second kappa shape index (κ2) is 8.82. The monoisotopic (exact) mass is 397 g/mol. The Hall–Kier alpha value is -2.89. The highest BCUT2D eigenvalue weighted by molar-refractivity contribution is 9.10. The van der Waals surface area contributed by atoms with Crippen LogP contribution in [0.25, 0.3) is 11.6 Å². The molecule has 2 rings (SSSR count). The van der Waals surface area contributed by atoms with E-state index in [1.807, 2.05) is 30.3 Å². The summed E-state index contributed by atoms with van der Waals surface area (Å²) >= 11 is 3.45. The maximum Gasteiger partial charge on any atom is 0.176 e. The van der Waals surface area contributed by atoms with Crippen LogP contribution in [-0.2, 0) is 0 Å². The first-order chi connectivity index (χ1) is 12.1. The van der Waals surface area contributed by atoms with E-state index in [2.05, 4.69) is 27.9 Å². The standard InChI is InChI=1S/C20H16BrNO3/c1-4-9-25-20-18(21)11-14(12-19(20)24-3)10-16(13-22)15-5-7-17(23-2)8-6-15/h1,5-8,10-12H,9H2,2-3H3/b16-10+. The van der Waals surface area contributed by atoms with Crippen LogP contribution in [0.4, 0.5) is 0 Å². The topological polar surface area (TPSA) is 51.5 Å². The van der Waals surface area contributed by atoms with Gasteiger partial charge in [0.05, 0.1) is 30.3 Å². The molecule has 0 aromatic heterocycles. The molecule has 0 amide bonds. The van der Waals surface area contributed by atoms with Crippen LogP contribution in [0.15, 0.2) is 40.9 Å². The number of hydrogen-bond acceptors (Lipinski definition) is 4. The third-order valence-corrected chi connectivity index (χ3v) is 3.97. The minimum atomic E-state index is 0.138. The number of allylic oxidation sites excluding steroid dienone is 1.